The topological polar surface area (TPSA) is 109 Å². The van der Waals surface area contributed by atoms with Gasteiger partial charge in [0.25, 0.3) is 0 Å². The third-order valence-electron chi connectivity index (χ3n) is 5.35. The summed E-state index contributed by atoms with van der Waals surface area (Å²) in [6, 6.07) is 0. The first kappa shape index (κ1) is 29.4. The van der Waals surface area contributed by atoms with Crippen LogP contribution in [0.3, 0.4) is 0 Å². The zero-order chi connectivity index (χ0) is 22.5. The first-order valence-electron chi connectivity index (χ1n) is 12.1. The average molecular weight is 434 g/mol. The highest BCUT2D eigenvalue weighted by molar-refractivity contribution is 4.61. The summed E-state index contributed by atoms with van der Waals surface area (Å²) >= 11 is 0. The second-order valence-electron chi connectivity index (χ2n) is 8.36. The van der Waals surface area contributed by atoms with Gasteiger partial charge < -0.3 is 24.8 Å². The van der Waals surface area contributed by atoms with Crippen molar-refractivity contribution >= 4 is 0 Å². The fraction of sp³-hybridized carbons (Fsp3) is 1.00. The van der Waals surface area contributed by atoms with Gasteiger partial charge in [0.05, 0.1) is 25.4 Å². The van der Waals surface area contributed by atoms with Crippen molar-refractivity contribution in [2.24, 2.45) is 5.18 Å². The van der Waals surface area contributed by atoms with Crippen LogP contribution in [-0.2, 0) is 9.47 Å². The quantitative estimate of drug-likeness (QED) is 0.118. The van der Waals surface area contributed by atoms with Crippen LogP contribution in [0.25, 0.3) is 0 Å². The number of rotatable bonds is 23. The highest BCUT2D eigenvalue weighted by Crippen LogP contribution is 2.14. The lowest BCUT2D eigenvalue weighted by Gasteiger charge is -2.23. The van der Waals surface area contributed by atoms with E-state index in [-0.39, 0.29) is 13.2 Å². The maximum absolute atomic E-state index is 10.5. The summed E-state index contributed by atoms with van der Waals surface area (Å²) < 4.78 is 10.5. The molecular formula is C23H47NO6. The van der Waals surface area contributed by atoms with Crippen molar-refractivity contribution < 1.29 is 24.8 Å². The van der Waals surface area contributed by atoms with Gasteiger partial charge >= 0.3 is 0 Å². The fourth-order valence-electron chi connectivity index (χ4n) is 3.38. The SMILES string of the molecule is CCCCCCCCCCCCCCCC(O)CCOC(OC(C)CO)C(O)N=O. The summed E-state index contributed by atoms with van der Waals surface area (Å²) in [7, 11) is 0. The highest BCUT2D eigenvalue weighted by Gasteiger charge is 2.24. The van der Waals surface area contributed by atoms with Gasteiger partial charge in [-0.15, -0.1) is 4.91 Å². The number of nitrogens with zero attached hydrogens (tertiary/aromatic N) is 1. The molecule has 0 radical (unpaired) electrons. The van der Waals surface area contributed by atoms with Crippen LogP contribution in [0.2, 0.25) is 0 Å². The molecule has 0 aliphatic heterocycles. The summed E-state index contributed by atoms with van der Waals surface area (Å²) in [6.45, 7) is 3.74. The van der Waals surface area contributed by atoms with E-state index < -0.39 is 24.7 Å². The lowest BCUT2D eigenvalue weighted by atomic mass is 10.0. The van der Waals surface area contributed by atoms with E-state index in [9.17, 15) is 15.1 Å². The largest absolute Gasteiger partial charge is 0.394 e. The van der Waals surface area contributed by atoms with Crippen LogP contribution >= 0.6 is 0 Å². The molecule has 0 spiro atoms. The molecule has 0 saturated carbocycles. The smallest absolute Gasteiger partial charge is 0.238 e. The molecule has 0 saturated heterocycles. The zero-order valence-corrected chi connectivity index (χ0v) is 19.3. The second-order valence-corrected chi connectivity index (χ2v) is 8.36. The van der Waals surface area contributed by atoms with E-state index in [2.05, 4.69) is 12.1 Å². The molecule has 7 heteroatoms. The van der Waals surface area contributed by atoms with Crippen molar-refractivity contribution in [2.75, 3.05) is 13.2 Å². The van der Waals surface area contributed by atoms with E-state index in [1.54, 1.807) is 6.92 Å². The van der Waals surface area contributed by atoms with E-state index in [4.69, 9.17) is 14.6 Å². The number of hydrogen-bond acceptors (Lipinski definition) is 7. The minimum Gasteiger partial charge on any atom is -0.394 e. The van der Waals surface area contributed by atoms with E-state index >= 15 is 0 Å². The van der Waals surface area contributed by atoms with E-state index in [1.807, 2.05) is 0 Å². The highest BCUT2D eigenvalue weighted by atomic mass is 16.7. The first-order chi connectivity index (χ1) is 14.5. The lowest BCUT2D eigenvalue weighted by Crippen LogP contribution is -2.35. The monoisotopic (exact) mass is 433 g/mol. The Morgan fingerprint density at radius 1 is 0.800 bits per heavy atom. The van der Waals surface area contributed by atoms with Gasteiger partial charge in [-0.2, -0.15) is 0 Å². The summed E-state index contributed by atoms with van der Waals surface area (Å²) in [6.07, 6.45) is 14.0. The molecule has 0 aromatic carbocycles. The second kappa shape index (κ2) is 21.6. The Hall–Kier alpha value is -0.600. The molecule has 0 bridgehead atoms. The molecular weight excluding hydrogens is 386 g/mol. The first-order valence-corrected chi connectivity index (χ1v) is 12.1. The molecule has 0 rings (SSSR count). The van der Waals surface area contributed by atoms with Crippen molar-refractivity contribution in [3.63, 3.8) is 0 Å². The van der Waals surface area contributed by atoms with Crippen molar-refractivity contribution in [1.29, 1.82) is 0 Å². The molecule has 0 heterocycles. The standard InChI is InChI=1S/C23H47NO6/c1-3-4-5-6-7-8-9-10-11-12-13-14-15-16-21(26)17-18-29-23(22(27)24-28)30-20(2)19-25/h20-23,25-27H,3-19H2,1-2H3. The summed E-state index contributed by atoms with van der Waals surface area (Å²) in [5.41, 5.74) is 0. The Labute approximate surface area is 183 Å². The Kier molecular flexibility index (Phi) is 21.2. The van der Waals surface area contributed by atoms with E-state index in [1.165, 1.54) is 70.6 Å². The van der Waals surface area contributed by atoms with Crippen LogP contribution < -0.4 is 0 Å². The van der Waals surface area contributed by atoms with Crippen LogP contribution in [0.1, 0.15) is 110 Å². The van der Waals surface area contributed by atoms with E-state index in [0.717, 1.165) is 12.8 Å². The van der Waals surface area contributed by atoms with Crippen molar-refractivity contribution in [2.45, 2.75) is 135 Å². The summed E-state index contributed by atoms with van der Waals surface area (Å²) in [4.78, 5) is 10.5. The number of hydrogen-bond donors (Lipinski definition) is 3. The summed E-state index contributed by atoms with van der Waals surface area (Å²) in [5.74, 6) is 0. The molecule has 3 N–H and O–H groups in total. The molecule has 180 valence electrons. The molecule has 0 amide bonds. The molecule has 0 fully saturated rings. The predicted molar refractivity (Wildman–Crippen MR) is 120 cm³/mol. The van der Waals surface area contributed by atoms with Crippen LogP contribution in [-0.4, -0.2) is 53.3 Å². The minimum absolute atomic E-state index is 0.148. The van der Waals surface area contributed by atoms with Gasteiger partial charge in [-0.3, -0.25) is 0 Å². The van der Waals surface area contributed by atoms with Crippen LogP contribution in [0, 0.1) is 4.91 Å². The average Bonchev–Trinajstić information content (AvgIpc) is 2.75. The molecule has 0 aromatic heterocycles. The molecule has 0 aromatic rings. The third-order valence-corrected chi connectivity index (χ3v) is 5.35. The van der Waals surface area contributed by atoms with Gasteiger partial charge in [0.1, 0.15) is 0 Å². The molecule has 7 nitrogen and oxygen atoms in total. The number of aliphatic hydroxyl groups is 3. The lowest BCUT2D eigenvalue weighted by molar-refractivity contribution is -0.218. The Bertz CT molecular complexity index is 372. The van der Waals surface area contributed by atoms with Crippen molar-refractivity contribution in [3.05, 3.63) is 4.91 Å². The maximum atomic E-state index is 10.5. The Morgan fingerprint density at radius 3 is 1.77 bits per heavy atom. The fourth-order valence-corrected chi connectivity index (χ4v) is 3.38. The number of aliphatic hydroxyl groups excluding tert-OH is 3. The van der Waals surface area contributed by atoms with Crippen LogP contribution in [0.4, 0.5) is 0 Å². The number of unbranched alkanes of at least 4 members (excludes halogenated alkanes) is 12. The molecule has 0 aliphatic carbocycles. The number of ether oxygens (including phenoxy) is 2. The van der Waals surface area contributed by atoms with Crippen molar-refractivity contribution in [3.8, 4) is 0 Å². The molecule has 0 aliphatic rings. The normalized spacial score (nSPS) is 15.6. The predicted octanol–water partition coefficient (Wildman–Crippen LogP) is 5.04. The van der Waals surface area contributed by atoms with Gasteiger partial charge in [0, 0.05) is 0 Å². The van der Waals surface area contributed by atoms with Gasteiger partial charge in [-0.25, -0.2) is 0 Å². The number of nitroso groups, excluding NO2 is 1. The van der Waals surface area contributed by atoms with Gasteiger partial charge in [-0.1, -0.05) is 90.4 Å². The molecule has 4 atom stereocenters. The third kappa shape index (κ3) is 18.2. The van der Waals surface area contributed by atoms with Crippen LogP contribution in [0.5, 0.6) is 0 Å². The summed E-state index contributed by atoms with van der Waals surface area (Å²) in [5, 5.41) is 31.0. The van der Waals surface area contributed by atoms with Gasteiger partial charge in [-0.05, 0) is 24.9 Å². The van der Waals surface area contributed by atoms with Crippen molar-refractivity contribution in [1.82, 2.24) is 0 Å². The zero-order valence-electron chi connectivity index (χ0n) is 19.3. The maximum Gasteiger partial charge on any atom is 0.238 e. The van der Waals surface area contributed by atoms with Crippen LogP contribution in [0.15, 0.2) is 5.18 Å². The molecule has 30 heavy (non-hydrogen) atoms. The minimum atomic E-state index is -1.66. The Morgan fingerprint density at radius 2 is 1.30 bits per heavy atom. The van der Waals surface area contributed by atoms with Gasteiger partial charge in [0.2, 0.25) is 12.5 Å². The Balaban J connectivity index is 3.56. The molecule has 4 unspecified atom stereocenters. The van der Waals surface area contributed by atoms with Gasteiger partial charge in [0.15, 0.2) is 0 Å². The van der Waals surface area contributed by atoms with E-state index in [0.29, 0.717) is 12.8 Å².